The average molecular weight is 506 g/mol. The number of benzene rings is 2. The number of urea groups is 1. The number of imide groups is 2. The van der Waals surface area contributed by atoms with E-state index < -0.39 is 17.8 Å². The Balaban J connectivity index is 1.98. The van der Waals surface area contributed by atoms with E-state index in [2.05, 4.69) is 43.8 Å². The summed E-state index contributed by atoms with van der Waals surface area (Å²) in [6, 6.07) is 11.0. The number of anilines is 1. The van der Waals surface area contributed by atoms with Gasteiger partial charge >= 0.3 is 6.03 Å². The van der Waals surface area contributed by atoms with Crippen LogP contribution in [0.3, 0.4) is 0 Å². The van der Waals surface area contributed by atoms with Crippen molar-refractivity contribution in [2.24, 2.45) is 0 Å². The summed E-state index contributed by atoms with van der Waals surface area (Å²) in [6.45, 7) is 3.93. The Bertz CT molecular complexity index is 980. The third-order valence-electron chi connectivity index (χ3n) is 3.79. The molecular formula is C20H14Br2N2O4. The van der Waals surface area contributed by atoms with Gasteiger partial charge in [0.2, 0.25) is 0 Å². The predicted molar refractivity (Wildman–Crippen MR) is 113 cm³/mol. The van der Waals surface area contributed by atoms with Crippen LogP contribution in [-0.4, -0.2) is 24.5 Å². The highest BCUT2D eigenvalue weighted by atomic mass is 79.9. The van der Waals surface area contributed by atoms with Crippen molar-refractivity contribution in [3.05, 3.63) is 75.2 Å². The first-order valence-electron chi connectivity index (χ1n) is 8.11. The molecule has 6 nitrogen and oxygen atoms in total. The van der Waals surface area contributed by atoms with Crippen molar-refractivity contribution in [3.63, 3.8) is 0 Å². The number of hydrogen-bond acceptors (Lipinski definition) is 4. The fraction of sp³-hybridized carbons (Fsp3) is 0.0500. The Labute approximate surface area is 178 Å². The van der Waals surface area contributed by atoms with E-state index in [1.807, 2.05) is 0 Å². The first-order chi connectivity index (χ1) is 13.4. The van der Waals surface area contributed by atoms with E-state index in [-0.39, 0.29) is 5.57 Å². The molecule has 4 amide bonds. The number of carbonyl (C=O) groups excluding carboxylic acids is 3. The molecule has 2 aromatic carbocycles. The summed E-state index contributed by atoms with van der Waals surface area (Å²) in [4.78, 5) is 38.2. The maximum atomic E-state index is 12.8. The van der Waals surface area contributed by atoms with Crippen molar-refractivity contribution in [2.45, 2.75) is 0 Å². The summed E-state index contributed by atoms with van der Waals surface area (Å²) in [7, 11) is 0. The van der Waals surface area contributed by atoms with Crippen LogP contribution in [0.5, 0.6) is 5.75 Å². The molecule has 1 aliphatic heterocycles. The summed E-state index contributed by atoms with van der Waals surface area (Å²) < 4.78 is 6.83. The lowest BCUT2D eigenvalue weighted by Gasteiger charge is -2.26. The Morgan fingerprint density at radius 1 is 1.07 bits per heavy atom. The van der Waals surface area contributed by atoms with Crippen LogP contribution in [0, 0.1) is 0 Å². The van der Waals surface area contributed by atoms with Gasteiger partial charge in [-0.05, 0) is 67.8 Å². The number of ether oxygens (including phenoxy) is 1. The number of halogens is 2. The molecule has 0 radical (unpaired) electrons. The standard InChI is InChI=1S/C20H14Br2N2O4/c1-2-8-28-17-15(21)10-12(11-16(17)22)9-14-18(25)23-20(27)24(19(14)26)13-6-4-3-5-7-13/h2-7,9-11H,1,8H2,(H,23,25,27)/b14-9-. The number of hydrogen-bond donors (Lipinski definition) is 1. The summed E-state index contributed by atoms with van der Waals surface area (Å²) in [5, 5.41) is 2.20. The lowest BCUT2D eigenvalue weighted by Crippen LogP contribution is -2.54. The van der Waals surface area contributed by atoms with Gasteiger partial charge in [0.05, 0.1) is 14.6 Å². The molecule has 1 saturated heterocycles. The molecule has 0 aromatic heterocycles. The Morgan fingerprint density at radius 3 is 2.32 bits per heavy atom. The molecule has 0 atom stereocenters. The summed E-state index contributed by atoms with van der Waals surface area (Å²) >= 11 is 6.83. The molecule has 0 unspecified atom stereocenters. The maximum absolute atomic E-state index is 12.8. The van der Waals surface area contributed by atoms with Gasteiger partial charge in [-0.1, -0.05) is 30.9 Å². The number of nitrogens with zero attached hydrogens (tertiary/aromatic N) is 1. The molecule has 0 saturated carbocycles. The summed E-state index contributed by atoms with van der Waals surface area (Å²) in [5.74, 6) is -0.872. The normalized spacial score (nSPS) is 15.6. The quantitative estimate of drug-likeness (QED) is 0.370. The zero-order valence-corrected chi connectivity index (χ0v) is 17.6. The number of para-hydroxylation sites is 1. The molecule has 28 heavy (non-hydrogen) atoms. The van der Waals surface area contributed by atoms with Crippen LogP contribution >= 0.6 is 31.9 Å². The average Bonchev–Trinajstić information content (AvgIpc) is 2.65. The minimum absolute atomic E-state index is 0.151. The van der Waals surface area contributed by atoms with Crippen LogP contribution in [0.4, 0.5) is 10.5 Å². The topological polar surface area (TPSA) is 75.7 Å². The highest BCUT2D eigenvalue weighted by Crippen LogP contribution is 2.35. The van der Waals surface area contributed by atoms with Gasteiger partial charge in [0.1, 0.15) is 17.9 Å². The number of barbiturate groups is 1. The second-order valence-corrected chi connectivity index (χ2v) is 7.42. The fourth-order valence-electron chi connectivity index (χ4n) is 2.58. The number of nitrogens with one attached hydrogen (secondary N) is 1. The maximum Gasteiger partial charge on any atom is 0.335 e. The van der Waals surface area contributed by atoms with E-state index in [4.69, 9.17) is 4.74 Å². The molecule has 142 valence electrons. The van der Waals surface area contributed by atoms with E-state index in [1.54, 1.807) is 48.5 Å². The molecule has 0 bridgehead atoms. The highest BCUT2D eigenvalue weighted by molar-refractivity contribution is 9.11. The van der Waals surface area contributed by atoms with E-state index in [0.29, 0.717) is 32.6 Å². The van der Waals surface area contributed by atoms with Gasteiger partial charge in [0, 0.05) is 0 Å². The van der Waals surface area contributed by atoms with Crippen molar-refractivity contribution in [2.75, 3.05) is 11.5 Å². The van der Waals surface area contributed by atoms with Crippen LogP contribution < -0.4 is 15.0 Å². The van der Waals surface area contributed by atoms with Gasteiger partial charge in [-0.25, -0.2) is 9.69 Å². The highest BCUT2D eigenvalue weighted by Gasteiger charge is 2.36. The second-order valence-electron chi connectivity index (χ2n) is 5.71. The minimum Gasteiger partial charge on any atom is -0.487 e. The van der Waals surface area contributed by atoms with Crippen molar-refractivity contribution < 1.29 is 19.1 Å². The minimum atomic E-state index is -0.783. The first kappa shape index (κ1) is 20.0. The monoisotopic (exact) mass is 504 g/mol. The lowest BCUT2D eigenvalue weighted by atomic mass is 10.1. The zero-order valence-electron chi connectivity index (χ0n) is 14.4. The largest absolute Gasteiger partial charge is 0.487 e. The molecule has 8 heteroatoms. The molecule has 1 N–H and O–H groups in total. The Kier molecular flexibility index (Phi) is 6.11. The smallest absolute Gasteiger partial charge is 0.335 e. The Hall–Kier alpha value is -2.71. The van der Waals surface area contributed by atoms with E-state index in [0.717, 1.165) is 4.90 Å². The Morgan fingerprint density at radius 2 is 1.71 bits per heavy atom. The van der Waals surface area contributed by atoms with Gasteiger partial charge in [-0.3, -0.25) is 14.9 Å². The zero-order chi connectivity index (χ0) is 20.3. The molecule has 1 fully saturated rings. The third kappa shape index (κ3) is 4.07. The molecule has 2 aromatic rings. The molecule has 1 heterocycles. The first-order valence-corrected chi connectivity index (χ1v) is 9.70. The van der Waals surface area contributed by atoms with Gasteiger partial charge < -0.3 is 4.74 Å². The van der Waals surface area contributed by atoms with Gasteiger partial charge in [0.15, 0.2) is 0 Å². The summed E-state index contributed by atoms with van der Waals surface area (Å²) in [5.41, 5.74) is 0.798. The molecule has 3 rings (SSSR count). The second kappa shape index (κ2) is 8.53. The van der Waals surface area contributed by atoms with E-state index in [1.165, 1.54) is 6.08 Å². The van der Waals surface area contributed by atoms with Crippen LogP contribution in [0.2, 0.25) is 0 Å². The van der Waals surface area contributed by atoms with Crippen LogP contribution in [0.15, 0.2) is 69.6 Å². The van der Waals surface area contributed by atoms with Crippen molar-refractivity contribution >= 4 is 61.5 Å². The number of carbonyl (C=O) groups is 3. The fourth-order valence-corrected chi connectivity index (χ4v) is 4.03. The SMILES string of the molecule is C=CCOc1c(Br)cc(/C=C2/C(=O)NC(=O)N(c3ccccc3)C2=O)cc1Br. The third-order valence-corrected chi connectivity index (χ3v) is 4.97. The number of amides is 4. The molecule has 0 aliphatic carbocycles. The molecule has 0 spiro atoms. The van der Waals surface area contributed by atoms with Gasteiger partial charge in [0.25, 0.3) is 11.8 Å². The molecule has 1 aliphatic rings. The van der Waals surface area contributed by atoms with Crippen molar-refractivity contribution in [1.29, 1.82) is 0 Å². The van der Waals surface area contributed by atoms with Gasteiger partial charge in [-0.15, -0.1) is 0 Å². The lowest BCUT2D eigenvalue weighted by molar-refractivity contribution is -0.122. The van der Waals surface area contributed by atoms with Crippen LogP contribution in [-0.2, 0) is 9.59 Å². The summed E-state index contributed by atoms with van der Waals surface area (Å²) in [6.07, 6.45) is 3.04. The van der Waals surface area contributed by atoms with Gasteiger partial charge in [-0.2, -0.15) is 0 Å². The number of rotatable bonds is 5. The van der Waals surface area contributed by atoms with E-state index >= 15 is 0 Å². The van der Waals surface area contributed by atoms with Crippen LogP contribution in [0.1, 0.15) is 5.56 Å². The van der Waals surface area contributed by atoms with Crippen LogP contribution in [0.25, 0.3) is 6.08 Å². The van der Waals surface area contributed by atoms with Crippen molar-refractivity contribution in [1.82, 2.24) is 5.32 Å². The van der Waals surface area contributed by atoms with E-state index in [9.17, 15) is 14.4 Å². The molecular weight excluding hydrogens is 492 g/mol. The van der Waals surface area contributed by atoms with Crippen molar-refractivity contribution in [3.8, 4) is 5.75 Å². The predicted octanol–water partition coefficient (Wildman–Crippen LogP) is 4.44.